The molecule has 0 spiro atoms. The SMILES string of the molecule is Cc1ccccc1C(=O)Cc1cnn(-c2c(F)cccc2Cl)c1. The maximum atomic E-state index is 13.9. The molecular weight excluding hydrogens is 315 g/mol. The molecule has 3 rings (SSSR count). The third kappa shape index (κ3) is 3.17. The van der Waals surface area contributed by atoms with Gasteiger partial charge in [-0.15, -0.1) is 0 Å². The van der Waals surface area contributed by atoms with Crippen LogP contribution in [0.4, 0.5) is 4.39 Å². The second-order valence-corrected chi connectivity index (χ2v) is 5.69. The van der Waals surface area contributed by atoms with Crippen molar-refractivity contribution in [2.24, 2.45) is 0 Å². The average molecular weight is 329 g/mol. The lowest BCUT2D eigenvalue weighted by molar-refractivity contribution is 0.0992. The summed E-state index contributed by atoms with van der Waals surface area (Å²) in [5.41, 5.74) is 2.51. The van der Waals surface area contributed by atoms with Gasteiger partial charge in [0.05, 0.1) is 11.2 Å². The molecule has 1 aromatic heterocycles. The number of nitrogens with zero attached hydrogens (tertiary/aromatic N) is 2. The molecule has 0 aliphatic rings. The second kappa shape index (κ2) is 6.34. The fourth-order valence-corrected chi connectivity index (χ4v) is 2.70. The highest BCUT2D eigenvalue weighted by atomic mass is 35.5. The van der Waals surface area contributed by atoms with Crippen LogP contribution in [0.15, 0.2) is 54.9 Å². The first-order chi connectivity index (χ1) is 11.1. The Labute approximate surface area is 138 Å². The molecule has 0 bridgehead atoms. The van der Waals surface area contributed by atoms with Gasteiger partial charge < -0.3 is 0 Å². The van der Waals surface area contributed by atoms with E-state index in [4.69, 9.17) is 11.6 Å². The van der Waals surface area contributed by atoms with E-state index in [1.807, 2.05) is 25.1 Å². The van der Waals surface area contributed by atoms with Gasteiger partial charge in [-0.2, -0.15) is 5.10 Å². The number of hydrogen-bond donors (Lipinski definition) is 0. The van der Waals surface area contributed by atoms with Crippen molar-refractivity contribution in [3.05, 3.63) is 82.4 Å². The van der Waals surface area contributed by atoms with Crippen LogP contribution in [0.5, 0.6) is 0 Å². The Morgan fingerprint density at radius 1 is 1.22 bits per heavy atom. The molecule has 0 N–H and O–H groups in total. The highest BCUT2D eigenvalue weighted by Gasteiger charge is 2.14. The zero-order valence-corrected chi connectivity index (χ0v) is 13.2. The summed E-state index contributed by atoms with van der Waals surface area (Å²) in [6.07, 6.45) is 3.39. The molecule has 3 aromatic rings. The number of halogens is 2. The van der Waals surface area contributed by atoms with E-state index in [9.17, 15) is 9.18 Å². The summed E-state index contributed by atoms with van der Waals surface area (Å²) < 4.78 is 15.3. The molecule has 3 nitrogen and oxygen atoms in total. The number of Topliss-reactive ketones (excluding diaryl/α,β-unsaturated/α-hetero) is 1. The molecule has 1 heterocycles. The lowest BCUT2D eigenvalue weighted by Crippen LogP contribution is -2.05. The fourth-order valence-electron chi connectivity index (χ4n) is 2.45. The Kier molecular flexibility index (Phi) is 4.26. The second-order valence-electron chi connectivity index (χ2n) is 5.28. The van der Waals surface area contributed by atoms with E-state index < -0.39 is 5.82 Å². The minimum absolute atomic E-state index is 0.00211. The van der Waals surface area contributed by atoms with Crippen LogP contribution in [0.25, 0.3) is 5.69 Å². The number of aryl methyl sites for hydroxylation is 1. The summed E-state index contributed by atoms with van der Waals surface area (Å²) in [7, 11) is 0. The van der Waals surface area contributed by atoms with Crippen LogP contribution in [0.3, 0.4) is 0 Å². The molecule has 0 saturated carbocycles. The molecule has 2 aromatic carbocycles. The molecule has 0 amide bonds. The summed E-state index contributed by atoms with van der Waals surface area (Å²) in [4.78, 5) is 12.4. The first-order valence-electron chi connectivity index (χ1n) is 7.13. The topological polar surface area (TPSA) is 34.9 Å². The van der Waals surface area contributed by atoms with Gasteiger partial charge in [-0.25, -0.2) is 9.07 Å². The summed E-state index contributed by atoms with van der Waals surface area (Å²) in [5.74, 6) is -0.459. The van der Waals surface area contributed by atoms with E-state index in [2.05, 4.69) is 5.10 Å². The lowest BCUT2D eigenvalue weighted by atomic mass is 10.0. The molecule has 23 heavy (non-hydrogen) atoms. The van der Waals surface area contributed by atoms with Crippen molar-refractivity contribution in [3.8, 4) is 5.69 Å². The van der Waals surface area contributed by atoms with E-state index in [0.29, 0.717) is 11.1 Å². The Hall–Kier alpha value is -2.46. The number of carbonyl (C=O) groups excluding carboxylic acids is 1. The van der Waals surface area contributed by atoms with Gasteiger partial charge in [-0.05, 0) is 30.2 Å². The lowest BCUT2D eigenvalue weighted by Gasteiger charge is -2.05. The van der Waals surface area contributed by atoms with Crippen LogP contribution in [0, 0.1) is 12.7 Å². The van der Waals surface area contributed by atoms with E-state index in [-0.39, 0.29) is 22.9 Å². The van der Waals surface area contributed by atoms with Gasteiger partial charge in [0.1, 0.15) is 11.5 Å². The number of benzene rings is 2. The smallest absolute Gasteiger partial charge is 0.167 e. The monoisotopic (exact) mass is 328 g/mol. The predicted molar refractivity (Wildman–Crippen MR) is 87.7 cm³/mol. The summed E-state index contributed by atoms with van der Waals surface area (Å²) in [6, 6.07) is 11.9. The first kappa shape index (κ1) is 15.4. The van der Waals surface area contributed by atoms with Crippen molar-refractivity contribution in [2.75, 3.05) is 0 Å². The molecule has 0 saturated heterocycles. The van der Waals surface area contributed by atoms with Crippen LogP contribution in [-0.2, 0) is 6.42 Å². The van der Waals surface area contributed by atoms with Crippen LogP contribution in [-0.4, -0.2) is 15.6 Å². The number of para-hydroxylation sites is 1. The molecule has 0 aliphatic heterocycles. The van der Waals surface area contributed by atoms with Gasteiger partial charge in [0.15, 0.2) is 5.78 Å². The van der Waals surface area contributed by atoms with Crippen molar-refractivity contribution in [1.29, 1.82) is 0 Å². The quantitative estimate of drug-likeness (QED) is 0.665. The normalized spacial score (nSPS) is 10.7. The molecular formula is C18H14ClFN2O. The average Bonchev–Trinajstić information content (AvgIpc) is 2.95. The van der Waals surface area contributed by atoms with Gasteiger partial charge >= 0.3 is 0 Å². The zero-order valence-electron chi connectivity index (χ0n) is 12.5. The van der Waals surface area contributed by atoms with Crippen LogP contribution in [0.1, 0.15) is 21.5 Å². The van der Waals surface area contributed by atoms with Crippen LogP contribution >= 0.6 is 11.6 Å². The van der Waals surface area contributed by atoms with Crippen molar-refractivity contribution in [3.63, 3.8) is 0 Å². The fraction of sp³-hybridized carbons (Fsp3) is 0.111. The molecule has 0 aliphatic carbocycles. The van der Waals surface area contributed by atoms with Crippen LogP contribution in [0.2, 0.25) is 5.02 Å². The van der Waals surface area contributed by atoms with E-state index in [1.165, 1.54) is 16.8 Å². The van der Waals surface area contributed by atoms with Gasteiger partial charge in [0.2, 0.25) is 0 Å². The van der Waals surface area contributed by atoms with E-state index in [1.54, 1.807) is 24.5 Å². The standard InChI is InChI=1S/C18H14ClFN2O/c1-12-5-2-3-6-14(12)17(23)9-13-10-21-22(11-13)18-15(19)7-4-8-16(18)20/h2-8,10-11H,9H2,1H3. The largest absolute Gasteiger partial charge is 0.294 e. The zero-order chi connectivity index (χ0) is 16.4. The van der Waals surface area contributed by atoms with Crippen molar-refractivity contribution in [1.82, 2.24) is 9.78 Å². The third-order valence-electron chi connectivity index (χ3n) is 3.61. The van der Waals surface area contributed by atoms with E-state index in [0.717, 1.165) is 5.56 Å². The van der Waals surface area contributed by atoms with Gasteiger partial charge in [-0.3, -0.25) is 4.79 Å². The number of hydrogen-bond acceptors (Lipinski definition) is 2. The third-order valence-corrected chi connectivity index (χ3v) is 3.92. The molecule has 116 valence electrons. The molecule has 0 fully saturated rings. The Morgan fingerprint density at radius 3 is 2.74 bits per heavy atom. The van der Waals surface area contributed by atoms with Crippen molar-refractivity contribution >= 4 is 17.4 Å². The maximum absolute atomic E-state index is 13.9. The first-order valence-corrected chi connectivity index (χ1v) is 7.51. The molecule has 5 heteroatoms. The van der Waals surface area contributed by atoms with Gasteiger partial charge in [0.25, 0.3) is 0 Å². The molecule has 0 unspecified atom stereocenters. The Balaban J connectivity index is 1.86. The van der Waals surface area contributed by atoms with Crippen molar-refractivity contribution in [2.45, 2.75) is 13.3 Å². The Bertz CT molecular complexity index is 853. The summed E-state index contributed by atoms with van der Waals surface area (Å²) in [5, 5.41) is 4.39. The number of ketones is 1. The van der Waals surface area contributed by atoms with Gasteiger partial charge in [-0.1, -0.05) is 41.9 Å². The minimum Gasteiger partial charge on any atom is -0.294 e. The number of aromatic nitrogens is 2. The number of rotatable bonds is 4. The summed E-state index contributed by atoms with van der Waals surface area (Å²) in [6.45, 7) is 1.90. The number of carbonyl (C=O) groups is 1. The highest BCUT2D eigenvalue weighted by molar-refractivity contribution is 6.32. The Morgan fingerprint density at radius 2 is 2.00 bits per heavy atom. The predicted octanol–water partition coefficient (Wildman–Crippen LogP) is 4.40. The van der Waals surface area contributed by atoms with Gasteiger partial charge in [0, 0.05) is 18.2 Å². The minimum atomic E-state index is -0.461. The molecule has 0 radical (unpaired) electrons. The molecule has 0 atom stereocenters. The van der Waals surface area contributed by atoms with Crippen molar-refractivity contribution < 1.29 is 9.18 Å². The summed E-state index contributed by atoms with van der Waals surface area (Å²) >= 11 is 6.03. The highest BCUT2D eigenvalue weighted by Crippen LogP contribution is 2.23. The van der Waals surface area contributed by atoms with Crippen LogP contribution < -0.4 is 0 Å². The maximum Gasteiger partial charge on any atom is 0.167 e. The van der Waals surface area contributed by atoms with E-state index >= 15 is 0 Å².